The second-order valence-electron chi connectivity index (χ2n) is 5.68. The van der Waals surface area contributed by atoms with E-state index in [1.807, 2.05) is 25.2 Å². The minimum atomic E-state index is -0.0568. The standard InChI is InChI=1S/C15H16BrClIN3/c1-15(2,3)12-11(18)14(19-4)21-13(20-12)9-6-5-8(17)7-10(9)16/h5-7H,1-4H3,(H,19,20,21). The Hall–Kier alpha value is -0.400. The van der Waals surface area contributed by atoms with E-state index < -0.39 is 0 Å². The Morgan fingerprint density at radius 3 is 2.43 bits per heavy atom. The lowest BCUT2D eigenvalue weighted by Crippen LogP contribution is -2.18. The van der Waals surface area contributed by atoms with Crippen LogP contribution in [0.1, 0.15) is 26.5 Å². The number of rotatable bonds is 2. The molecular formula is C15H16BrClIN3. The lowest BCUT2D eigenvalue weighted by molar-refractivity contribution is 0.564. The normalized spacial score (nSPS) is 11.6. The number of benzene rings is 1. The van der Waals surface area contributed by atoms with Crippen molar-refractivity contribution in [3.05, 3.63) is 37.0 Å². The summed E-state index contributed by atoms with van der Waals surface area (Å²) in [6.07, 6.45) is 0. The maximum absolute atomic E-state index is 6.01. The smallest absolute Gasteiger partial charge is 0.162 e. The zero-order valence-electron chi connectivity index (χ0n) is 12.3. The third kappa shape index (κ3) is 3.68. The first-order chi connectivity index (χ1) is 9.74. The molecule has 1 aromatic heterocycles. The Balaban J connectivity index is 2.70. The molecule has 0 aliphatic carbocycles. The summed E-state index contributed by atoms with van der Waals surface area (Å²) in [5, 5.41) is 3.83. The molecule has 0 atom stereocenters. The number of nitrogens with one attached hydrogen (secondary N) is 1. The van der Waals surface area contributed by atoms with Crippen molar-refractivity contribution in [1.29, 1.82) is 0 Å². The molecule has 0 bridgehead atoms. The van der Waals surface area contributed by atoms with Gasteiger partial charge in [0.15, 0.2) is 5.82 Å². The second kappa shape index (κ2) is 6.38. The van der Waals surface area contributed by atoms with Crippen molar-refractivity contribution in [2.45, 2.75) is 26.2 Å². The minimum absolute atomic E-state index is 0.0568. The molecule has 2 aromatic rings. The van der Waals surface area contributed by atoms with E-state index in [-0.39, 0.29) is 5.41 Å². The number of aromatic nitrogens is 2. The highest BCUT2D eigenvalue weighted by atomic mass is 127. The summed E-state index contributed by atoms with van der Waals surface area (Å²) < 4.78 is 1.94. The van der Waals surface area contributed by atoms with Gasteiger partial charge >= 0.3 is 0 Å². The summed E-state index contributed by atoms with van der Waals surface area (Å²) in [7, 11) is 1.87. The van der Waals surface area contributed by atoms with Crippen LogP contribution in [0.5, 0.6) is 0 Å². The van der Waals surface area contributed by atoms with Crippen molar-refractivity contribution in [3.63, 3.8) is 0 Å². The highest BCUT2D eigenvalue weighted by molar-refractivity contribution is 14.1. The van der Waals surface area contributed by atoms with Crippen molar-refractivity contribution < 1.29 is 0 Å². The molecule has 0 saturated heterocycles. The molecule has 2 rings (SSSR count). The van der Waals surface area contributed by atoms with Crippen molar-refractivity contribution in [3.8, 4) is 11.4 Å². The van der Waals surface area contributed by atoms with E-state index >= 15 is 0 Å². The Bertz CT molecular complexity index is 683. The fourth-order valence-electron chi connectivity index (χ4n) is 1.90. The molecule has 0 unspecified atom stereocenters. The van der Waals surface area contributed by atoms with Gasteiger partial charge in [0.2, 0.25) is 0 Å². The van der Waals surface area contributed by atoms with Gasteiger partial charge in [0.1, 0.15) is 5.82 Å². The van der Waals surface area contributed by atoms with Gasteiger partial charge in [-0.2, -0.15) is 0 Å². The van der Waals surface area contributed by atoms with Gasteiger partial charge in [0.25, 0.3) is 0 Å². The first kappa shape index (κ1) is 17.0. The van der Waals surface area contributed by atoms with Crippen molar-refractivity contribution >= 4 is 55.9 Å². The molecule has 0 amide bonds. The van der Waals surface area contributed by atoms with E-state index in [0.717, 1.165) is 25.1 Å². The molecule has 0 saturated carbocycles. The van der Waals surface area contributed by atoms with E-state index in [0.29, 0.717) is 10.8 Å². The molecule has 0 aliphatic heterocycles. The van der Waals surface area contributed by atoms with Crippen LogP contribution in [0.3, 0.4) is 0 Å². The highest BCUT2D eigenvalue weighted by Gasteiger charge is 2.23. The number of anilines is 1. The van der Waals surface area contributed by atoms with Crippen LogP contribution >= 0.6 is 50.1 Å². The SMILES string of the molecule is CNc1nc(-c2ccc(Cl)cc2Br)nc(C(C)(C)C)c1I. The van der Waals surface area contributed by atoms with Crippen LogP contribution in [-0.2, 0) is 5.41 Å². The first-order valence-corrected chi connectivity index (χ1v) is 8.70. The number of halogens is 3. The van der Waals surface area contributed by atoms with Gasteiger partial charge in [-0.25, -0.2) is 9.97 Å². The maximum atomic E-state index is 6.01. The monoisotopic (exact) mass is 479 g/mol. The van der Waals surface area contributed by atoms with E-state index in [1.54, 1.807) is 0 Å². The average Bonchev–Trinajstić information content (AvgIpc) is 2.38. The summed E-state index contributed by atoms with van der Waals surface area (Å²) in [5.41, 5.74) is 1.90. The molecule has 3 nitrogen and oxygen atoms in total. The van der Waals surface area contributed by atoms with E-state index in [1.165, 1.54) is 0 Å². The Morgan fingerprint density at radius 1 is 1.24 bits per heavy atom. The summed E-state index contributed by atoms with van der Waals surface area (Å²) in [6.45, 7) is 6.45. The van der Waals surface area contributed by atoms with Crippen LogP contribution in [-0.4, -0.2) is 17.0 Å². The predicted octanol–water partition coefficient (Wildman–Crippen LogP) is 5.50. The summed E-state index contributed by atoms with van der Waals surface area (Å²) in [6, 6.07) is 5.63. The highest BCUT2D eigenvalue weighted by Crippen LogP contribution is 2.34. The van der Waals surface area contributed by atoms with Crippen LogP contribution in [0.25, 0.3) is 11.4 Å². The average molecular weight is 481 g/mol. The van der Waals surface area contributed by atoms with Crippen LogP contribution in [0, 0.1) is 3.57 Å². The second-order valence-corrected chi connectivity index (χ2v) is 8.05. The number of hydrogen-bond donors (Lipinski definition) is 1. The van der Waals surface area contributed by atoms with Gasteiger partial charge in [-0.1, -0.05) is 32.4 Å². The quantitative estimate of drug-likeness (QED) is 0.577. The minimum Gasteiger partial charge on any atom is -0.372 e. The Labute approximate surface area is 152 Å². The lowest BCUT2D eigenvalue weighted by atomic mass is 9.91. The molecule has 1 aromatic carbocycles. The third-order valence-electron chi connectivity index (χ3n) is 2.97. The summed E-state index contributed by atoms with van der Waals surface area (Å²) in [5.74, 6) is 1.53. The Kier molecular flexibility index (Phi) is 5.15. The summed E-state index contributed by atoms with van der Waals surface area (Å²) in [4.78, 5) is 9.40. The van der Waals surface area contributed by atoms with E-state index in [4.69, 9.17) is 16.6 Å². The van der Waals surface area contributed by atoms with E-state index in [2.05, 4.69) is 69.6 Å². The van der Waals surface area contributed by atoms with Gasteiger partial charge in [-0.3, -0.25) is 0 Å². The number of hydrogen-bond acceptors (Lipinski definition) is 3. The van der Waals surface area contributed by atoms with Crippen LogP contribution in [0.4, 0.5) is 5.82 Å². The zero-order chi connectivity index (χ0) is 15.8. The van der Waals surface area contributed by atoms with Crippen molar-refractivity contribution in [2.75, 3.05) is 12.4 Å². The molecular weight excluding hydrogens is 464 g/mol. The molecule has 6 heteroatoms. The lowest BCUT2D eigenvalue weighted by Gasteiger charge is -2.22. The molecule has 0 spiro atoms. The van der Waals surface area contributed by atoms with Gasteiger partial charge in [-0.05, 0) is 56.7 Å². The van der Waals surface area contributed by atoms with Crippen LogP contribution in [0.2, 0.25) is 5.02 Å². The van der Waals surface area contributed by atoms with Crippen LogP contribution in [0.15, 0.2) is 22.7 Å². The largest absolute Gasteiger partial charge is 0.372 e. The van der Waals surface area contributed by atoms with E-state index in [9.17, 15) is 0 Å². The molecule has 0 radical (unpaired) electrons. The summed E-state index contributed by atoms with van der Waals surface area (Å²) >= 11 is 11.8. The van der Waals surface area contributed by atoms with Gasteiger partial charge in [-0.15, -0.1) is 0 Å². The molecule has 21 heavy (non-hydrogen) atoms. The molecule has 1 heterocycles. The van der Waals surface area contributed by atoms with Gasteiger partial charge in [0, 0.05) is 27.5 Å². The predicted molar refractivity (Wildman–Crippen MR) is 101 cm³/mol. The Morgan fingerprint density at radius 2 is 1.90 bits per heavy atom. The van der Waals surface area contributed by atoms with Crippen molar-refractivity contribution in [2.24, 2.45) is 0 Å². The first-order valence-electron chi connectivity index (χ1n) is 6.45. The fourth-order valence-corrected chi connectivity index (χ4v) is 4.08. The zero-order valence-corrected chi connectivity index (χ0v) is 16.8. The number of nitrogens with zero attached hydrogens (tertiary/aromatic N) is 2. The molecule has 0 aliphatic rings. The van der Waals surface area contributed by atoms with Gasteiger partial charge in [0.05, 0.1) is 9.26 Å². The third-order valence-corrected chi connectivity index (χ3v) is 4.88. The molecule has 112 valence electrons. The van der Waals surface area contributed by atoms with Gasteiger partial charge < -0.3 is 5.32 Å². The maximum Gasteiger partial charge on any atom is 0.162 e. The topological polar surface area (TPSA) is 37.8 Å². The van der Waals surface area contributed by atoms with Crippen molar-refractivity contribution in [1.82, 2.24) is 9.97 Å². The molecule has 0 fully saturated rings. The molecule has 1 N–H and O–H groups in total. The fraction of sp³-hybridized carbons (Fsp3) is 0.333. The van der Waals surface area contributed by atoms with Crippen LogP contribution < -0.4 is 5.32 Å².